The predicted molar refractivity (Wildman–Crippen MR) is 108 cm³/mol. The molecule has 0 atom stereocenters. The summed E-state index contributed by atoms with van der Waals surface area (Å²) in [5.41, 5.74) is 6.61. The quantitative estimate of drug-likeness (QED) is 0.688. The Hall–Kier alpha value is -2.26. The molecule has 0 spiro atoms. The van der Waals surface area contributed by atoms with Crippen molar-refractivity contribution in [3.63, 3.8) is 0 Å². The first-order valence-corrected chi connectivity index (χ1v) is 9.83. The Bertz CT molecular complexity index is 890. The molecule has 3 nitrogen and oxygen atoms in total. The molecule has 3 heteroatoms. The van der Waals surface area contributed by atoms with Gasteiger partial charge in [-0.1, -0.05) is 25.1 Å². The van der Waals surface area contributed by atoms with Gasteiger partial charge < -0.3 is 14.5 Å². The van der Waals surface area contributed by atoms with Crippen LogP contribution >= 0.6 is 0 Å². The van der Waals surface area contributed by atoms with Crippen LogP contribution < -0.4 is 10.1 Å². The Morgan fingerprint density at radius 2 is 1.92 bits per heavy atom. The second-order valence-electron chi connectivity index (χ2n) is 7.23. The van der Waals surface area contributed by atoms with Gasteiger partial charge in [-0.25, -0.2) is 0 Å². The van der Waals surface area contributed by atoms with E-state index in [2.05, 4.69) is 72.2 Å². The van der Waals surface area contributed by atoms with Gasteiger partial charge in [0.2, 0.25) is 0 Å². The second kappa shape index (κ2) is 7.55. The molecule has 26 heavy (non-hydrogen) atoms. The highest BCUT2D eigenvalue weighted by molar-refractivity contribution is 5.78. The summed E-state index contributed by atoms with van der Waals surface area (Å²) in [5.74, 6) is 1.63. The maximum Gasteiger partial charge on any atom is 0.123 e. The number of nitrogens with one attached hydrogen (secondary N) is 1. The summed E-state index contributed by atoms with van der Waals surface area (Å²) in [5, 5.41) is 3.49. The second-order valence-corrected chi connectivity index (χ2v) is 7.23. The zero-order chi connectivity index (χ0) is 17.9. The highest BCUT2D eigenvalue weighted by Crippen LogP contribution is 2.41. The van der Waals surface area contributed by atoms with E-state index in [0.717, 1.165) is 31.9 Å². The molecule has 1 aliphatic rings. The van der Waals surface area contributed by atoms with Crippen molar-refractivity contribution in [3.8, 4) is 16.9 Å². The Morgan fingerprint density at radius 3 is 2.69 bits per heavy atom. The number of hydrogen-bond donors (Lipinski definition) is 1. The minimum absolute atomic E-state index is 0.557. The van der Waals surface area contributed by atoms with Crippen LogP contribution in [0.5, 0.6) is 5.75 Å². The SMILES string of the molecule is CCCOc1cccc(-c2cc3ccccn3c2C)c1C1CCNCC1. The van der Waals surface area contributed by atoms with E-state index in [1.807, 2.05) is 0 Å². The van der Waals surface area contributed by atoms with E-state index in [1.165, 1.54) is 40.7 Å². The summed E-state index contributed by atoms with van der Waals surface area (Å²) >= 11 is 0. The fourth-order valence-electron chi connectivity index (χ4n) is 4.18. The Kier molecular flexibility index (Phi) is 4.98. The molecule has 0 bridgehead atoms. The lowest BCUT2D eigenvalue weighted by Gasteiger charge is -2.27. The molecule has 1 N–H and O–H groups in total. The van der Waals surface area contributed by atoms with E-state index in [4.69, 9.17) is 4.74 Å². The van der Waals surface area contributed by atoms with Crippen molar-refractivity contribution < 1.29 is 4.74 Å². The van der Waals surface area contributed by atoms with Gasteiger partial charge in [0.05, 0.1) is 6.61 Å². The molecule has 0 saturated carbocycles. The number of benzene rings is 1. The summed E-state index contributed by atoms with van der Waals surface area (Å²) in [6.07, 6.45) is 5.53. The molecule has 136 valence electrons. The number of piperidine rings is 1. The lowest BCUT2D eigenvalue weighted by Crippen LogP contribution is -2.27. The first-order valence-electron chi connectivity index (χ1n) is 9.83. The largest absolute Gasteiger partial charge is 0.493 e. The minimum Gasteiger partial charge on any atom is -0.493 e. The third kappa shape index (κ3) is 3.12. The van der Waals surface area contributed by atoms with Gasteiger partial charge in [0.15, 0.2) is 0 Å². The first-order chi connectivity index (χ1) is 12.8. The van der Waals surface area contributed by atoms with Crippen molar-refractivity contribution in [2.45, 2.75) is 39.0 Å². The zero-order valence-electron chi connectivity index (χ0n) is 15.8. The molecule has 1 fully saturated rings. The Labute approximate surface area is 156 Å². The molecule has 0 amide bonds. The molecule has 3 heterocycles. The molecule has 1 aliphatic heterocycles. The third-order valence-corrected chi connectivity index (χ3v) is 5.50. The highest BCUT2D eigenvalue weighted by atomic mass is 16.5. The van der Waals surface area contributed by atoms with Crippen LogP contribution in [0.25, 0.3) is 16.6 Å². The standard InChI is InChI=1S/C23H28N2O/c1-3-15-26-22-9-6-8-20(23(22)18-10-12-24-13-11-18)21-16-19-7-4-5-14-25(19)17(21)2/h4-9,14,16,18,24H,3,10-13,15H2,1-2H3. The van der Waals surface area contributed by atoms with Crippen LogP contribution in [-0.2, 0) is 0 Å². The fraction of sp³-hybridized carbons (Fsp3) is 0.391. The van der Waals surface area contributed by atoms with Crippen molar-refractivity contribution in [2.24, 2.45) is 0 Å². The number of aryl methyl sites for hydroxylation is 1. The van der Waals surface area contributed by atoms with Gasteiger partial charge >= 0.3 is 0 Å². The van der Waals surface area contributed by atoms with E-state index >= 15 is 0 Å². The Balaban J connectivity index is 1.87. The zero-order valence-corrected chi connectivity index (χ0v) is 15.8. The van der Waals surface area contributed by atoms with Gasteiger partial charge in [-0.3, -0.25) is 0 Å². The molecule has 1 aromatic carbocycles. The van der Waals surface area contributed by atoms with Crippen molar-refractivity contribution >= 4 is 5.52 Å². The predicted octanol–water partition coefficient (Wildman–Crippen LogP) is 5.17. The van der Waals surface area contributed by atoms with Gasteiger partial charge in [-0.15, -0.1) is 0 Å². The van der Waals surface area contributed by atoms with Gasteiger partial charge in [0.25, 0.3) is 0 Å². The fourth-order valence-corrected chi connectivity index (χ4v) is 4.18. The summed E-state index contributed by atoms with van der Waals surface area (Å²) in [7, 11) is 0. The summed E-state index contributed by atoms with van der Waals surface area (Å²) in [6.45, 7) is 7.33. The van der Waals surface area contributed by atoms with E-state index in [0.29, 0.717) is 5.92 Å². The van der Waals surface area contributed by atoms with Crippen molar-refractivity contribution in [1.82, 2.24) is 9.72 Å². The molecule has 3 aromatic rings. The number of nitrogens with zero attached hydrogens (tertiary/aromatic N) is 1. The third-order valence-electron chi connectivity index (χ3n) is 5.50. The summed E-state index contributed by atoms with van der Waals surface area (Å²) in [4.78, 5) is 0. The van der Waals surface area contributed by atoms with Gasteiger partial charge in [0.1, 0.15) is 5.75 Å². The number of hydrogen-bond acceptors (Lipinski definition) is 2. The van der Waals surface area contributed by atoms with Crippen LogP contribution in [-0.4, -0.2) is 24.1 Å². The van der Waals surface area contributed by atoms with E-state index in [1.54, 1.807) is 0 Å². The van der Waals surface area contributed by atoms with Gasteiger partial charge in [0, 0.05) is 28.5 Å². The highest BCUT2D eigenvalue weighted by Gasteiger charge is 2.24. The number of aromatic nitrogens is 1. The van der Waals surface area contributed by atoms with Gasteiger partial charge in [-0.05, 0) is 75.0 Å². The average molecular weight is 348 g/mol. The maximum atomic E-state index is 6.19. The summed E-state index contributed by atoms with van der Waals surface area (Å²) < 4.78 is 8.47. The molecule has 1 saturated heterocycles. The number of rotatable bonds is 5. The molecule has 0 radical (unpaired) electrons. The van der Waals surface area contributed by atoms with Crippen molar-refractivity contribution in [3.05, 3.63) is 59.9 Å². The monoisotopic (exact) mass is 348 g/mol. The van der Waals surface area contributed by atoms with E-state index < -0.39 is 0 Å². The van der Waals surface area contributed by atoms with Crippen LogP contribution in [0.2, 0.25) is 0 Å². The van der Waals surface area contributed by atoms with Crippen LogP contribution in [0.15, 0.2) is 48.7 Å². The van der Waals surface area contributed by atoms with Crippen LogP contribution in [0.4, 0.5) is 0 Å². The first kappa shape index (κ1) is 17.2. The molecule has 0 aliphatic carbocycles. The smallest absolute Gasteiger partial charge is 0.123 e. The van der Waals surface area contributed by atoms with Crippen molar-refractivity contribution in [1.29, 1.82) is 0 Å². The molecular formula is C23H28N2O. The molecule has 0 unspecified atom stereocenters. The number of ether oxygens (including phenoxy) is 1. The lowest BCUT2D eigenvalue weighted by atomic mass is 9.84. The maximum absolute atomic E-state index is 6.19. The minimum atomic E-state index is 0.557. The topological polar surface area (TPSA) is 25.7 Å². The molecule has 2 aromatic heterocycles. The summed E-state index contributed by atoms with van der Waals surface area (Å²) in [6, 6.07) is 15.3. The lowest BCUT2D eigenvalue weighted by molar-refractivity contribution is 0.309. The number of pyridine rings is 1. The van der Waals surface area contributed by atoms with Crippen LogP contribution in [0.1, 0.15) is 43.4 Å². The van der Waals surface area contributed by atoms with Crippen LogP contribution in [0, 0.1) is 6.92 Å². The van der Waals surface area contributed by atoms with Crippen LogP contribution in [0.3, 0.4) is 0 Å². The number of fused-ring (bicyclic) bond motifs is 1. The van der Waals surface area contributed by atoms with E-state index in [9.17, 15) is 0 Å². The van der Waals surface area contributed by atoms with Crippen molar-refractivity contribution in [2.75, 3.05) is 19.7 Å². The molecule has 4 rings (SSSR count). The van der Waals surface area contributed by atoms with E-state index in [-0.39, 0.29) is 0 Å². The normalized spacial score (nSPS) is 15.5. The average Bonchev–Trinajstić information content (AvgIpc) is 3.03. The molecular weight excluding hydrogens is 320 g/mol. The Morgan fingerprint density at radius 1 is 1.08 bits per heavy atom. The van der Waals surface area contributed by atoms with Gasteiger partial charge in [-0.2, -0.15) is 0 Å².